The van der Waals surface area contributed by atoms with E-state index in [4.69, 9.17) is 23.2 Å². The van der Waals surface area contributed by atoms with Gasteiger partial charge in [-0.05, 0) is 36.4 Å². The first-order chi connectivity index (χ1) is 11.2. The highest BCUT2D eigenvalue weighted by molar-refractivity contribution is 7.90. The minimum atomic E-state index is -3.32. The zero-order chi connectivity index (χ0) is 17.9. The highest BCUT2D eigenvalue weighted by Gasteiger charge is 2.17. The molecule has 0 saturated carbocycles. The van der Waals surface area contributed by atoms with Gasteiger partial charge >= 0.3 is 6.03 Å². The van der Waals surface area contributed by atoms with Crippen LogP contribution in [0, 0.1) is 0 Å². The predicted octanol–water partition coefficient (Wildman–Crippen LogP) is 3.36. The van der Waals surface area contributed by atoms with Crippen LogP contribution in [0.1, 0.15) is 10.4 Å². The molecule has 2 aromatic rings. The standard InChI is InChI=1S/C15H12Cl2N2O4S/c1-24(22,23)10-7-5-9(6-8-10)18-15(21)19-14(20)13-11(16)3-2-4-12(13)17/h2-8H,1H3,(H2,18,19,20,21). The maximum Gasteiger partial charge on any atom is 0.326 e. The number of rotatable bonds is 3. The zero-order valence-electron chi connectivity index (χ0n) is 12.3. The molecule has 0 heterocycles. The Hall–Kier alpha value is -2.09. The molecule has 6 nitrogen and oxygen atoms in total. The van der Waals surface area contributed by atoms with Gasteiger partial charge in [-0.25, -0.2) is 13.2 Å². The molecule has 0 radical (unpaired) electrons. The molecule has 0 aliphatic heterocycles. The Kier molecular flexibility index (Phi) is 5.48. The average molecular weight is 387 g/mol. The van der Waals surface area contributed by atoms with Gasteiger partial charge in [-0.3, -0.25) is 10.1 Å². The summed E-state index contributed by atoms with van der Waals surface area (Å²) in [6, 6.07) is 9.23. The molecule has 3 amide bonds. The van der Waals surface area contributed by atoms with Crippen molar-refractivity contribution in [3.63, 3.8) is 0 Å². The molecule has 0 aromatic heterocycles. The summed E-state index contributed by atoms with van der Waals surface area (Å²) in [6.45, 7) is 0. The summed E-state index contributed by atoms with van der Waals surface area (Å²) in [6.07, 6.45) is 1.08. The second-order valence-electron chi connectivity index (χ2n) is 4.80. The first-order valence-corrected chi connectivity index (χ1v) is 9.19. The van der Waals surface area contributed by atoms with Crippen LogP contribution in [0.4, 0.5) is 10.5 Å². The molecule has 0 aliphatic rings. The largest absolute Gasteiger partial charge is 0.326 e. The summed E-state index contributed by atoms with van der Waals surface area (Å²) in [5.41, 5.74) is 0.307. The van der Waals surface area contributed by atoms with Crippen molar-refractivity contribution in [2.75, 3.05) is 11.6 Å². The Morgan fingerprint density at radius 2 is 1.50 bits per heavy atom. The smallest absolute Gasteiger partial charge is 0.308 e. The van der Waals surface area contributed by atoms with Crippen molar-refractivity contribution in [1.29, 1.82) is 0 Å². The lowest BCUT2D eigenvalue weighted by Gasteiger charge is -2.09. The highest BCUT2D eigenvalue weighted by Crippen LogP contribution is 2.24. The first kappa shape index (κ1) is 18.3. The summed E-state index contributed by atoms with van der Waals surface area (Å²) in [5.74, 6) is -0.754. The summed E-state index contributed by atoms with van der Waals surface area (Å²) < 4.78 is 22.7. The molecular weight excluding hydrogens is 375 g/mol. The number of hydrogen-bond acceptors (Lipinski definition) is 4. The van der Waals surface area contributed by atoms with Gasteiger partial charge in [0.05, 0.1) is 20.5 Å². The van der Waals surface area contributed by atoms with Gasteiger partial charge in [-0.2, -0.15) is 0 Å². The van der Waals surface area contributed by atoms with E-state index in [-0.39, 0.29) is 20.5 Å². The molecule has 0 saturated heterocycles. The summed E-state index contributed by atoms with van der Waals surface area (Å²) in [7, 11) is -3.32. The topological polar surface area (TPSA) is 92.3 Å². The second-order valence-corrected chi connectivity index (χ2v) is 7.63. The van der Waals surface area contributed by atoms with Crippen molar-refractivity contribution < 1.29 is 18.0 Å². The van der Waals surface area contributed by atoms with Crippen LogP contribution < -0.4 is 10.6 Å². The molecule has 2 rings (SSSR count). The Labute approximate surface area is 148 Å². The van der Waals surface area contributed by atoms with Crippen molar-refractivity contribution in [2.24, 2.45) is 0 Å². The zero-order valence-corrected chi connectivity index (χ0v) is 14.7. The van der Waals surface area contributed by atoms with Gasteiger partial charge in [0, 0.05) is 11.9 Å². The quantitative estimate of drug-likeness (QED) is 0.845. The lowest BCUT2D eigenvalue weighted by Crippen LogP contribution is -2.34. The Morgan fingerprint density at radius 1 is 0.958 bits per heavy atom. The number of nitrogens with one attached hydrogen (secondary N) is 2. The maximum absolute atomic E-state index is 12.1. The number of imide groups is 1. The number of carbonyl (C=O) groups excluding carboxylic acids is 2. The van der Waals surface area contributed by atoms with Gasteiger partial charge in [-0.15, -0.1) is 0 Å². The molecule has 9 heteroatoms. The number of benzene rings is 2. The Balaban J connectivity index is 2.07. The normalized spacial score (nSPS) is 11.0. The monoisotopic (exact) mass is 386 g/mol. The van der Waals surface area contributed by atoms with E-state index >= 15 is 0 Å². The van der Waals surface area contributed by atoms with Crippen LogP contribution >= 0.6 is 23.2 Å². The van der Waals surface area contributed by atoms with Gasteiger partial charge in [-0.1, -0.05) is 29.3 Å². The molecule has 0 fully saturated rings. The van der Waals surface area contributed by atoms with Crippen molar-refractivity contribution in [1.82, 2.24) is 5.32 Å². The van der Waals surface area contributed by atoms with Gasteiger partial charge in [0.25, 0.3) is 5.91 Å². The molecule has 0 spiro atoms. The fraction of sp³-hybridized carbons (Fsp3) is 0.0667. The SMILES string of the molecule is CS(=O)(=O)c1ccc(NC(=O)NC(=O)c2c(Cl)cccc2Cl)cc1. The van der Waals surface area contributed by atoms with Crippen LogP contribution in [0.2, 0.25) is 10.0 Å². The van der Waals surface area contributed by atoms with Crippen LogP contribution in [0.3, 0.4) is 0 Å². The van der Waals surface area contributed by atoms with E-state index in [2.05, 4.69) is 10.6 Å². The minimum Gasteiger partial charge on any atom is -0.308 e. The predicted molar refractivity (Wildman–Crippen MR) is 92.5 cm³/mol. The number of anilines is 1. The first-order valence-electron chi connectivity index (χ1n) is 6.55. The average Bonchev–Trinajstić information content (AvgIpc) is 2.46. The number of urea groups is 1. The van der Waals surface area contributed by atoms with E-state index in [1.165, 1.54) is 36.4 Å². The highest BCUT2D eigenvalue weighted by atomic mass is 35.5. The van der Waals surface area contributed by atoms with E-state index in [0.717, 1.165) is 6.26 Å². The molecule has 0 aliphatic carbocycles. The molecule has 126 valence electrons. The number of hydrogen-bond donors (Lipinski definition) is 2. The molecule has 2 N–H and O–H groups in total. The van der Waals surface area contributed by atoms with Gasteiger partial charge < -0.3 is 5.32 Å². The molecule has 0 atom stereocenters. The third-order valence-electron chi connectivity index (χ3n) is 2.96. The molecule has 2 aromatic carbocycles. The Bertz CT molecular complexity index is 876. The van der Waals surface area contributed by atoms with Crippen molar-refractivity contribution in [2.45, 2.75) is 4.90 Å². The molecular formula is C15H12Cl2N2O4S. The van der Waals surface area contributed by atoms with Crippen molar-refractivity contribution >= 4 is 50.7 Å². The molecule has 0 unspecified atom stereocenters. The van der Waals surface area contributed by atoms with Crippen molar-refractivity contribution in [3.05, 3.63) is 58.1 Å². The summed E-state index contributed by atoms with van der Waals surface area (Å²) in [4.78, 5) is 24.0. The lowest BCUT2D eigenvalue weighted by molar-refractivity contribution is 0.0967. The van der Waals surface area contributed by atoms with Crippen molar-refractivity contribution in [3.8, 4) is 0 Å². The van der Waals surface area contributed by atoms with Gasteiger partial charge in [0.1, 0.15) is 0 Å². The van der Waals surface area contributed by atoms with Crippen LogP contribution in [0.25, 0.3) is 0 Å². The molecule has 0 bridgehead atoms. The fourth-order valence-corrected chi connectivity index (χ4v) is 3.03. The van der Waals surface area contributed by atoms with Crippen LogP contribution in [-0.2, 0) is 9.84 Å². The van der Waals surface area contributed by atoms with E-state index in [1.54, 1.807) is 6.07 Å². The summed E-state index contributed by atoms with van der Waals surface area (Å²) >= 11 is 11.8. The van der Waals surface area contributed by atoms with E-state index < -0.39 is 21.8 Å². The second kappa shape index (κ2) is 7.21. The maximum atomic E-state index is 12.1. The van der Waals surface area contributed by atoms with Crippen LogP contribution in [0.15, 0.2) is 47.4 Å². The van der Waals surface area contributed by atoms with E-state index in [1.807, 2.05) is 0 Å². The summed E-state index contributed by atoms with van der Waals surface area (Å²) in [5, 5.41) is 4.74. The minimum absolute atomic E-state index is 0.0107. The number of sulfone groups is 1. The van der Waals surface area contributed by atoms with Crippen LogP contribution in [-0.4, -0.2) is 26.6 Å². The lowest BCUT2D eigenvalue weighted by atomic mass is 10.2. The van der Waals surface area contributed by atoms with Gasteiger partial charge in [0.2, 0.25) is 0 Å². The number of carbonyl (C=O) groups is 2. The van der Waals surface area contributed by atoms with E-state index in [9.17, 15) is 18.0 Å². The number of halogens is 2. The third kappa shape index (κ3) is 4.47. The number of amides is 3. The Morgan fingerprint density at radius 3 is 2.00 bits per heavy atom. The van der Waals surface area contributed by atoms with Gasteiger partial charge in [0.15, 0.2) is 9.84 Å². The molecule has 24 heavy (non-hydrogen) atoms. The third-order valence-corrected chi connectivity index (χ3v) is 4.72. The fourth-order valence-electron chi connectivity index (χ4n) is 1.83. The van der Waals surface area contributed by atoms with Crippen LogP contribution in [0.5, 0.6) is 0 Å². The van der Waals surface area contributed by atoms with E-state index in [0.29, 0.717) is 5.69 Å².